The molecule has 0 aliphatic carbocycles. The third-order valence-electron chi connectivity index (χ3n) is 4.33. The van der Waals surface area contributed by atoms with E-state index in [4.69, 9.17) is 9.47 Å². The summed E-state index contributed by atoms with van der Waals surface area (Å²) in [5, 5.41) is 12.3. The molecule has 1 amide bonds. The summed E-state index contributed by atoms with van der Waals surface area (Å²) in [6.45, 7) is 0.121. The van der Waals surface area contributed by atoms with Crippen molar-refractivity contribution in [3.63, 3.8) is 0 Å². The number of carboxylic acid groups (broad SMARTS) is 1. The average molecular weight is 349 g/mol. The number of nitrogens with one attached hydrogen (secondary N) is 1. The fourth-order valence-electron chi connectivity index (χ4n) is 2.82. The summed E-state index contributed by atoms with van der Waals surface area (Å²) in [5.74, 6) is 1.42. The number of hydrogen-bond acceptors (Lipinski definition) is 5. The Bertz CT molecular complexity index is 694. The van der Waals surface area contributed by atoms with Crippen molar-refractivity contribution < 1.29 is 24.2 Å². The molecule has 3 rings (SSSR count). The fourth-order valence-corrected chi connectivity index (χ4v) is 4.01. The van der Waals surface area contributed by atoms with Crippen LogP contribution in [0.3, 0.4) is 0 Å². The zero-order chi connectivity index (χ0) is 17.2. The van der Waals surface area contributed by atoms with E-state index in [-0.39, 0.29) is 6.61 Å². The summed E-state index contributed by atoms with van der Waals surface area (Å²) in [4.78, 5) is 24.3. The number of fused-ring (bicyclic) bond motifs is 1. The van der Waals surface area contributed by atoms with E-state index in [1.165, 1.54) is 0 Å². The van der Waals surface area contributed by atoms with Crippen molar-refractivity contribution >= 4 is 29.7 Å². The number of methoxy groups -OCH3 is 1. The van der Waals surface area contributed by atoms with Gasteiger partial charge in [-0.05, 0) is 48.6 Å². The second-order valence-electron chi connectivity index (χ2n) is 5.82. The van der Waals surface area contributed by atoms with Gasteiger partial charge in [0.15, 0.2) is 0 Å². The Hall–Kier alpha value is -2.15. The number of carbonyl (C=O) groups excluding carboxylic acids is 1. The average Bonchev–Trinajstić information content (AvgIpc) is 2.61. The number of aliphatic carboxylic acids is 1. The molecule has 2 aliphatic rings. The first-order valence-corrected chi connectivity index (χ1v) is 8.85. The molecule has 0 atom stereocenters. The van der Waals surface area contributed by atoms with Crippen LogP contribution < -0.4 is 14.8 Å². The quantitative estimate of drug-likeness (QED) is 0.864. The predicted octanol–water partition coefficient (Wildman–Crippen LogP) is 1.94. The molecule has 0 spiro atoms. The molecule has 1 saturated heterocycles. The first-order valence-electron chi connectivity index (χ1n) is 7.69. The van der Waals surface area contributed by atoms with E-state index in [1.54, 1.807) is 43.1 Å². The van der Waals surface area contributed by atoms with Gasteiger partial charge in [0, 0.05) is 5.56 Å². The predicted molar refractivity (Wildman–Crippen MR) is 91.5 cm³/mol. The van der Waals surface area contributed by atoms with Crippen LogP contribution >= 0.6 is 11.8 Å². The van der Waals surface area contributed by atoms with Crippen LogP contribution in [-0.4, -0.2) is 47.7 Å². The van der Waals surface area contributed by atoms with Gasteiger partial charge in [0.05, 0.1) is 12.7 Å². The Morgan fingerprint density at radius 3 is 2.75 bits per heavy atom. The molecule has 2 aliphatic heterocycles. The van der Waals surface area contributed by atoms with Crippen molar-refractivity contribution in [2.75, 3.05) is 25.2 Å². The maximum atomic E-state index is 12.6. The molecule has 1 fully saturated rings. The highest BCUT2D eigenvalue weighted by Gasteiger charge is 2.41. The number of carboxylic acids is 1. The molecule has 1 aromatic rings. The maximum absolute atomic E-state index is 12.6. The first-order chi connectivity index (χ1) is 11.5. The summed E-state index contributed by atoms with van der Waals surface area (Å²) in [6.07, 6.45) is 2.58. The van der Waals surface area contributed by atoms with E-state index in [1.807, 2.05) is 0 Å². The van der Waals surface area contributed by atoms with E-state index >= 15 is 0 Å². The van der Waals surface area contributed by atoms with Crippen LogP contribution in [0.5, 0.6) is 11.5 Å². The zero-order valence-corrected chi connectivity index (χ0v) is 14.1. The molecule has 0 radical (unpaired) electrons. The number of hydrogen-bond donors (Lipinski definition) is 2. The van der Waals surface area contributed by atoms with Crippen molar-refractivity contribution in [1.82, 2.24) is 5.32 Å². The third-order valence-corrected chi connectivity index (χ3v) is 5.32. The van der Waals surface area contributed by atoms with Gasteiger partial charge in [-0.25, -0.2) is 4.79 Å². The van der Waals surface area contributed by atoms with Crippen molar-refractivity contribution in [3.05, 3.63) is 29.3 Å². The van der Waals surface area contributed by atoms with E-state index in [0.29, 0.717) is 29.9 Å². The van der Waals surface area contributed by atoms with Gasteiger partial charge in [0.1, 0.15) is 23.6 Å². The lowest BCUT2D eigenvalue weighted by Crippen LogP contribution is -2.57. The van der Waals surface area contributed by atoms with Crippen molar-refractivity contribution in [3.8, 4) is 11.5 Å². The smallest absolute Gasteiger partial charge is 0.329 e. The highest BCUT2D eigenvalue weighted by molar-refractivity contribution is 7.99. The monoisotopic (exact) mass is 349 g/mol. The normalized spacial score (nSPS) is 18.6. The van der Waals surface area contributed by atoms with Gasteiger partial charge in [-0.2, -0.15) is 11.8 Å². The zero-order valence-electron chi connectivity index (χ0n) is 13.3. The molecule has 24 heavy (non-hydrogen) atoms. The number of thioether (sulfide) groups is 1. The van der Waals surface area contributed by atoms with E-state index in [9.17, 15) is 14.7 Å². The molecule has 0 saturated carbocycles. The molecule has 2 N–H and O–H groups in total. The summed E-state index contributed by atoms with van der Waals surface area (Å²) in [7, 11) is 1.57. The second-order valence-corrected chi connectivity index (χ2v) is 7.04. The van der Waals surface area contributed by atoms with Gasteiger partial charge >= 0.3 is 5.97 Å². The molecular weight excluding hydrogens is 330 g/mol. The Kier molecular flexibility index (Phi) is 4.71. The topological polar surface area (TPSA) is 84.9 Å². The van der Waals surface area contributed by atoms with Gasteiger partial charge in [-0.15, -0.1) is 0 Å². The minimum atomic E-state index is -1.18. The molecular formula is C17H19NO5S. The van der Waals surface area contributed by atoms with Crippen LogP contribution in [0.25, 0.3) is 6.08 Å². The molecule has 1 aromatic carbocycles. The van der Waals surface area contributed by atoms with Gasteiger partial charge in [-0.3, -0.25) is 4.79 Å². The van der Waals surface area contributed by atoms with Crippen molar-refractivity contribution in [2.45, 2.75) is 18.4 Å². The number of ether oxygens (including phenoxy) is 2. The molecule has 0 aromatic heterocycles. The minimum Gasteiger partial charge on any atom is -0.497 e. The van der Waals surface area contributed by atoms with Crippen LogP contribution in [0.1, 0.15) is 18.4 Å². The second kappa shape index (κ2) is 6.76. The highest BCUT2D eigenvalue weighted by atomic mass is 32.2. The number of benzene rings is 1. The van der Waals surface area contributed by atoms with Crippen LogP contribution in [0, 0.1) is 0 Å². The fraction of sp³-hybridized carbons (Fsp3) is 0.412. The van der Waals surface area contributed by atoms with Crippen LogP contribution in [0.4, 0.5) is 0 Å². The molecule has 2 heterocycles. The SMILES string of the molecule is COc1ccc2c(c1)C=C(C(=O)NC1(C(=O)O)CCSCC1)CO2. The van der Waals surface area contributed by atoms with Crippen molar-refractivity contribution in [2.24, 2.45) is 0 Å². The standard InChI is InChI=1S/C17H19NO5S/c1-22-13-2-3-14-11(9-13)8-12(10-23-14)15(19)18-17(16(20)21)4-6-24-7-5-17/h2-3,8-9H,4-7,10H2,1H3,(H,18,19)(H,20,21). The Morgan fingerprint density at radius 2 is 2.08 bits per heavy atom. The molecule has 6 nitrogen and oxygen atoms in total. The van der Waals surface area contributed by atoms with E-state index < -0.39 is 17.4 Å². The number of amides is 1. The minimum absolute atomic E-state index is 0.121. The van der Waals surface area contributed by atoms with Gasteiger partial charge < -0.3 is 19.9 Å². The lowest BCUT2D eigenvalue weighted by atomic mass is 9.91. The van der Waals surface area contributed by atoms with Gasteiger partial charge in [-0.1, -0.05) is 0 Å². The van der Waals surface area contributed by atoms with Crippen LogP contribution in [0.2, 0.25) is 0 Å². The van der Waals surface area contributed by atoms with E-state index in [0.717, 1.165) is 17.1 Å². The first kappa shape index (κ1) is 16.7. The molecule has 0 bridgehead atoms. The largest absolute Gasteiger partial charge is 0.497 e. The van der Waals surface area contributed by atoms with E-state index in [2.05, 4.69) is 5.32 Å². The maximum Gasteiger partial charge on any atom is 0.329 e. The number of rotatable bonds is 4. The molecule has 128 valence electrons. The van der Waals surface area contributed by atoms with Gasteiger partial charge in [0.25, 0.3) is 5.91 Å². The Balaban J connectivity index is 1.82. The molecule has 7 heteroatoms. The highest BCUT2D eigenvalue weighted by Crippen LogP contribution is 2.31. The van der Waals surface area contributed by atoms with Crippen LogP contribution in [-0.2, 0) is 9.59 Å². The third kappa shape index (κ3) is 3.21. The van der Waals surface area contributed by atoms with Crippen LogP contribution in [0.15, 0.2) is 23.8 Å². The van der Waals surface area contributed by atoms with Crippen molar-refractivity contribution in [1.29, 1.82) is 0 Å². The summed E-state index contributed by atoms with van der Waals surface area (Å²) in [6, 6.07) is 5.36. The lowest BCUT2D eigenvalue weighted by molar-refractivity contribution is -0.147. The summed E-state index contributed by atoms with van der Waals surface area (Å²) >= 11 is 1.70. The van der Waals surface area contributed by atoms with Gasteiger partial charge in [0.2, 0.25) is 0 Å². The Morgan fingerprint density at radius 1 is 1.33 bits per heavy atom. The molecule has 0 unspecified atom stereocenters. The number of carbonyl (C=O) groups is 2. The summed E-state index contributed by atoms with van der Waals surface area (Å²) < 4.78 is 10.8. The summed E-state index contributed by atoms with van der Waals surface area (Å²) in [5.41, 5.74) is -0.0263. The Labute approximate surface area is 144 Å². The lowest BCUT2D eigenvalue weighted by Gasteiger charge is -2.34.